The quantitative estimate of drug-likeness (QED) is 0.0602. The molecule has 262 valence electrons. The van der Waals surface area contributed by atoms with Crippen molar-refractivity contribution in [3.63, 3.8) is 0 Å². The maximum Gasteiger partial charge on any atom is 0.259 e. The molecule has 0 saturated heterocycles. The van der Waals surface area contributed by atoms with E-state index in [0.717, 1.165) is 13.1 Å². The van der Waals surface area contributed by atoms with E-state index in [1.165, 1.54) is 59.6 Å². The summed E-state index contributed by atoms with van der Waals surface area (Å²) in [7, 11) is -7.51. The third-order valence-electron chi connectivity index (χ3n) is 7.79. The molecule has 0 unspecified atom stereocenters. The Morgan fingerprint density at radius 2 is 1.35 bits per heavy atom. The number of hydrogen-bond acceptors (Lipinski definition) is 11. The average molecular weight is 711 g/mol. The van der Waals surface area contributed by atoms with Gasteiger partial charge in [-0.2, -0.15) is 5.11 Å². The fraction of sp³-hybridized carbons (Fsp3) is 0.303. The molecular weight excluding hydrogens is 669 g/mol. The first-order valence-corrected chi connectivity index (χ1v) is 18.7. The van der Waals surface area contributed by atoms with E-state index in [1.54, 1.807) is 24.3 Å². The molecule has 0 atom stereocenters. The van der Waals surface area contributed by atoms with Crippen LogP contribution < -0.4 is 20.6 Å². The highest BCUT2D eigenvalue weighted by atomic mass is 32.2. The van der Waals surface area contributed by atoms with Gasteiger partial charge in [-0.25, -0.2) is 31.3 Å². The van der Waals surface area contributed by atoms with E-state index in [-0.39, 0.29) is 34.1 Å². The van der Waals surface area contributed by atoms with Crippen molar-refractivity contribution in [3.8, 4) is 5.75 Å². The highest BCUT2D eigenvalue weighted by molar-refractivity contribution is 7.89. The van der Waals surface area contributed by atoms with E-state index in [9.17, 15) is 26.7 Å². The Kier molecular flexibility index (Phi) is 12.9. The van der Waals surface area contributed by atoms with Gasteiger partial charge in [0.05, 0.1) is 21.0 Å². The van der Waals surface area contributed by atoms with Gasteiger partial charge < -0.3 is 15.3 Å². The van der Waals surface area contributed by atoms with Crippen molar-refractivity contribution < 1.29 is 26.7 Å². The number of sulfonamides is 2. The van der Waals surface area contributed by atoms with Crippen LogP contribution in [-0.2, 0) is 20.0 Å². The maximum atomic E-state index is 13.3. The molecule has 4 rings (SSSR count). The minimum Gasteiger partial charge on any atom is -0.505 e. The number of likely N-dealkylation sites (N-methyl/N-ethyl adjacent to an activating group) is 2. The standard InChI is InChI=1S/C33H42N8O6S2/c1-4-40(5-2)21-19-35-48(44,45)28-17-13-26(14-18-28)38-39-31-29-10-8-7-9-24(29)23-30(32(31)42)33(43)37-25-11-15-27(16-12-25)49(46,47)36-20-22-41(34)6-3/h7-18,23,35-36,42H,4-6,19-22,34H2,1-3H3,(H,37,43). The molecule has 16 heteroatoms. The molecular formula is C33H42N8O6S2. The predicted octanol–water partition coefficient (Wildman–Crippen LogP) is 4.31. The van der Waals surface area contributed by atoms with Gasteiger partial charge in [0.25, 0.3) is 5.91 Å². The number of anilines is 1. The lowest BCUT2D eigenvalue weighted by molar-refractivity contribution is 0.102. The number of azo groups is 1. The fourth-order valence-electron chi connectivity index (χ4n) is 4.83. The molecule has 1 amide bonds. The molecule has 4 aromatic rings. The van der Waals surface area contributed by atoms with Crippen molar-refractivity contribution in [1.82, 2.24) is 19.4 Å². The zero-order valence-corrected chi connectivity index (χ0v) is 29.3. The molecule has 6 N–H and O–H groups in total. The van der Waals surface area contributed by atoms with Crippen LogP contribution in [0, 0.1) is 0 Å². The number of amides is 1. The number of nitrogens with two attached hydrogens (primary N) is 1. The number of nitrogens with one attached hydrogen (secondary N) is 3. The van der Waals surface area contributed by atoms with Crippen LogP contribution in [-0.4, -0.2) is 83.6 Å². The molecule has 14 nitrogen and oxygen atoms in total. The third-order valence-corrected chi connectivity index (χ3v) is 10.7. The van der Waals surface area contributed by atoms with Crippen LogP contribution in [0.2, 0.25) is 0 Å². The summed E-state index contributed by atoms with van der Waals surface area (Å²) >= 11 is 0. The summed E-state index contributed by atoms with van der Waals surface area (Å²) in [6.07, 6.45) is 0. The van der Waals surface area contributed by atoms with E-state index in [4.69, 9.17) is 5.84 Å². The second-order valence-corrected chi connectivity index (χ2v) is 14.5. The fourth-order valence-corrected chi connectivity index (χ4v) is 6.88. The van der Waals surface area contributed by atoms with Crippen molar-refractivity contribution in [2.45, 2.75) is 30.6 Å². The Balaban J connectivity index is 1.51. The lowest BCUT2D eigenvalue weighted by atomic mass is 10.0. The van der Waals surface area contributed by atoms with Crippen LogP contribution in [0.3, 0.4) is 0 Å². The summed E-state index contributed by atoms with van der Waals surface area (Å²) in [5, 5.41) is 25.0. The molecule has 49 heavy (non-hydrogen) atoms. The van der Waals surface area contributed by atoms with Gasteiger partial charge in [0, 0.05) is 43.8 Å². The van der Waals surface area contributed by atoms with Gasteiger partial charge in [0.15, 0.2) is 5.75 Å². The molecule has 0 aliphatic rings. The topological polar surface area (TPSA) is 199 Å². The van der Waals surface area contributed by atoms with Crippen LogP contribution in [0.5, 0.6) is 5.75 Å². The zero-order chi connectivity index (χ0) is 35.6. The highest BCUT2D eigenvalue weighted by Gasteiger charge is 2.20. The van der Waals surface area contributed by atoms with E-state index in [1.807, 2.05) is 20.8 Å². The Morgan fingerprint density at radius 3 is 1.94 bits per heavy atom. The van der Waals surface area contributed by atoms with Crippen LogP contribution in [0.25, 0.3) is 10.8 Å². The van der Waals surface area contributed by atoms with Crippen LogP contribution in [0.4, 0.5) is 17.1 Å². The van der Waals surface area contributed by atoms with Gasteiger partial charge >= 0.3 is 0 Å². The highest BCUT2D eigenvalue weighted by Crippen LogP contribution is 2.39. The number of phenolic OH excluding ortho intramolecular Hbond substituents is 1. The van der Waals surface area contributed by atoms with Crippen LogP contribution in [0.15, 0.2) is 98.9 Å². The molecule has 0 aliphatic carbocycles. The number of hydrogen-bond donors (Lipinski definition) is 5. The number of hydrazine groups is 1. The van der Waals surface area contributed by atoms with Crippen molar-refractivity contribution in [3.05, 3.63) is 84.4 Å². The first kappa shape index (κ1) is 37.5. The maximum absolute atomic E-state index is 13.3. The molecule has 0 spiro atoms. The van der Waals surface area contributed by atoms with Gasteiger partial charge in [0.2, 0.25) is 20.0 Å². The smallest absolute Gasteiger partial charge is 0.259 e. The van der Waals surface area contributed by atoms with E-state index >= 15 is 0 Å². The van der Waals surface area contributed by atoms with Crippen molar-refractivity contribution in [2.24, 2.45) is 16.1 Å². The monoisotopic (exact) mass is 710 g/mol. The van der Waals surface area contributed by atoms with Gasteiger partial charge in [-0.15, -0.1) is 5.11 Å². The van der Waals surface area contributed by atoms with Gasteiger partial charge in [-0.3, -0.25) is 10.6 Å². The Hall–Kier alpha value is -4.29. The van der Waals surface area contributed by atoms with Gasteiger partial charge in [0.1, 0.15) is 5.69 Å². The molecule has 0 saturated carbocycles. The summed E-state index contributed by atoms with van der Waals surface area (Å²) in [6, 6.07) is 20.0. The van der Waals surface area contributed by atoms with E-state index < -0.39 is 31.7 Å². The minimum atomic E-state index is -3.79. The van der Waals surface area contributed by atoms with Crippen LogP contribution in [0.1, 0.15) is 31.1 Å². The number of rotatable bonds is 17. The Morgan fingerprint density at radius 1 is 0.776 bits per heavy atom. The largest absolute Gasteiger partial charge is 0.505 e. The molecule has 0 radical (unpaired) electrons. The summed E-state index contributed by atoms with van der Waals surface area (Å²) in [6.45, 7) is 9.46. The molecule has 0 fully saturated rings. The second-order valence-electron chi connectivity index (χ2n) is 11.0. The number of fused-ring (bicyclic) bond motifs is 1. The Bertz CT molecular complexity index is 1980. The lowest BCUT2D eigenvalue weighted by Gasteiger charge is -2.18. The van der Waals surface area contributed by atoms with Crippen molar-refractivity contribution in [2.75, 3.05) is 51.1 Å². The summed E-state index contributed by atoms with van der Waals surface area (Å²) in [5.41, 5.74) is 0.599. The van der Waals surface area contributed by atoms with Gasteiger partial charge in [-0.1, -0.05) is 45.0 Å². The Labute approximate surface area is 287 Å². The van der Waals surface area contributed by atoms with E-state index in [0.29, 0.717) is 41.8 Å². The summed E-state index contributed by atoms with van der Waals surface area (Å²) in [5.74, 6) is 4.63. The van der Waals surface area contributed by atoms with Gasteiger partial charge in [-0.05, 0) is 73.1 Å². The van der Waals surface area contributed by atoms with E-state index in [2.05, 4.69) is 29.9 Å². The molecule has 0 aliphatic heterocycles. The first-order valence-electron chi connectivity index (χ1n) is 15.8. The zero-order valence-electron chi connectivity index (χ0n) is 27.6. The van der Waals surface area contributed by atoms with Crippen LogP contribution >= 0.6 is 0 Å². The predicted molar refractivity (Wildman–Crippen MR) is 190 cm³/mol. The number of nitrogens with zero attached hydrogens (tertiary/aromatic N) is 4. The normalized spacial score (nSPS) is 12.4. The molecule has 0 bridgehead atoms. The third kappa shape index (κ3) is 9.88. The average Bonchev–Trinajstić information content (AvgIpc) is 3.09. The van der Waals surface area contributed by atoms with Crippen molar-refractivity contribution >= 4 is 53.8 Å². The molecule has 4 aromatic carbocycles. The number of benzene rings is 4. The number of carbonyl (C=O) groups is 1. The number of phenols is 1. The number of aromatic hydroxyl groups is 1. The first-order chi connectivity index (χ1) is 23.4. The summed E-state index contributed by atoms with van der Waals surface area (Å²) in [4.78, 5) is 15.5. The SMILES string of the molecule is CCN(N)CCNS(=O)(=O)c1ccc(NC(=O)c2cc3ccccc3c(N=Nc3ccc(S(=O)(=O)NCCN(CC)CC)cc3)c2O)cc1. The second kappa shape index (κ2) is 16.9. The minimum absolute atomic E-state index is 0.0130. The van der Waals surface area contributed by atoms with Crippen molar-refractivity contribution in [1.29, 1.82) is 0 Å². The molecule has 0 heterocycles. The number of carbonyl (C=O) groups excluding carboxylic acids is 1. The molecule has 0 aromatic heterocycles. The lowest BCUT2D eigenvalue weighted by Crippen LogP contribution is -2.38. The summed E-state index contributed by atoms with van der Waals surface area (Å²) < 4.78 is 55.8.